The van der Waals surface area contributed by atoms with Gasteiger partial charge in [0.25, 0.3) is 0 Å². The fraction of sp³-hybridized carbons (Fsp3) is 0.250. The third-order valence-corrected chi connectivity index (χ3v) is 3.75. The molecule has 0 aromatic heterocycles. The third-order valence-electron chi connectivity index (χ3n) is 3.75. The number of hydrogen-bond acceptors (Lipinski definition) is 1. The number of fused-ring (bicyclic) bond motifs is 1. The summed E-state index contributed by atoms with van der Waals surface area (Å²) < 4.78 is 27.9. The van der Waals surface area contributed by atoms with Gasteiger partial charge in [-0.3, -0.25) is 0 Å². The molecular weight excluding hydrogens is 280 g/mol. The van der Waals surface area contributed by atoms with E-state index in [-0.39, 0.29) is 18.0 Å². The van der Waals surface area contributed by atoms with Gasteiger partial charge in [-0.05, 0) is 54.3 Å². The van der Waals surface area contributed by atoms with Crippen molar-refractivity contribution < 1.29 is 8.78 Å². The maximum atomic E-state index is 13.9. The van der Waals surface area contributed by atoms with Crippen LogP contribution in [-0.4, -0.2) is 6.54 Å². The van der Waals surface area contributed by atoms with Crippen LogP contribution in [-0.2, 0) is 13.0 Å². The molecule has 0 fully saturated rings. The Kier molecular flexibility index (Phi) is 4.41. The van der Waals surface area contributed by atoms with Crippen molar-refractivity contribution in [1.29, 1.82) is 0 Å². The van der Waals surface area contributed by atoms with E-state index in [1.807, 2.05) is 19.1 Å². The predicted molar refractivity (Wildman–Crippen MR) is 79.2 cm³/mol. The summed E-state index contributed by atoms with van der Waals surface area (Å²) in [6, 6.07) is 7.78. The topological polar surface area (TPSA) is 12.0 Å². The Morgan fingerprint density at radius 1 is 1.00 bits per heavy atom. The predicted octanol–water partition coefficient (Wildman–Crippen LogP) is 4.01. The van der Waals surface area contributed by atoms with Gasteiger partial charge in [0.15, 0.2) is 0 Å². The Bertz CT molecular complexity index is 620. The Hall–Kier alpha value is -1.45. The first-order valence-electron chi connectivity index (χ1n) is 6.45. The fourth-order valence-electron chi connectivity index (χ4n) is 2.78. The summed E-state index contributed by atoms with van der Waals surface area (Å²) in [6.07, 6.45) is 0.908. The quantitative estimate of drug-likeness (QED) is 0.838. The van der Waals surface area contributed by atoms with Gasteiger partial charge in [-0.1, -0.05) is 18.2 Å². The number of aryl methyl sites for hydroxylation is 1. The highest BCUT2D eigenvalue weighted by molar-refractivity contribution is 5.85. The average molecular weight is 296 g/mol. The van der Waals surface area contributed by atoms with Gasteiger partial charge in [-0.25, -0.2) is 8.78 Å². The summed E-state index contributed by atoms with van der Waals surface area (Å²) in [7, 11) is 0. The molecule has 2 aromatic carbocycles. The van der Waals surface area contributed by atoms with E-state index in [2.05, 4.69) is 5.32 Å². The molecule has 0 unspecified atom stereocenters. The van der Waals surface area contributed by atoms with Crippen molar-refractivity contribution in [2.24, 2.45) is 0 Å². The lowest BCUT2D eigenvalue weighted by Crippen LogP contribution is -2.25. The zero-order chi connectivity index (χ0) is 13.4. The molecule has 0 amide bonds. The molecule has 0 radical (unpaired) electrons. The summed E-state index contributed by atoms with van der Waals surface area (Å²) >= 11 is 0. The van der Waals surface area contributed by atoms with Gasteiger partial charge in [0.05, 0.1) is 5.56 Å². The summed E-state index contributed by atoms with van der Waals surface area (Å²) in [4.78, 5) is 0. The van der Waals surface area contributed by atoms with Crippen molar-refractivity contribution in [2.45, 2.75) is 19.9 Å². The minimum Gasteiger partial charge on any atom is -0.312 e. The van der Waals surface area contributed by atoms with Crippen LogP contribution in [0.5, 0.6) is 0 Å². The van der Waals surface area contributed by atoms with Gasteiger partial charge in [-0.2, -0.15) is 0 Å². The monoisotopic (exact) mass is 295 g/mol. The van der Waals surface area contributed by atoms with E-state index in [0.717, 1.165) is 18.5 Å². The lowest BCUT2D eigenvalue weighted by atomic mass is 9.88. The lowest BCUT2D eigenvalue weighted by Gasteiger charge is -2.23. The fourth-order valence-corrected chi connectivity index (χ4v) is 2.78. The summed E-state index contributed by atoms with van der Waals surface area (Å²) in [5.41, 5.74) is 4.19. The van der Waals surface area contributed by atoms with Crippen LogP contribution in [0.2, 0.25) is 0 Å². The maximum Gasteiger partial charge on any atom is 0.133 e. The van der Waals surface area contributed by atoms with Gasteiger partial charge in [-0.15, -0.1) is 12.4 Å². The summed E-state index contributed by atoms with van der Waals surface area (Å²) in [6.45, 7) is 3.63. The maximum absolute atomic E-state index is 13.9. The van der Waals surface area contributed by atoms with E-state index in [1.54, 1.807) is 0 Å². The molecule has 3 rings (SSSR count). The second-order valence-electron chi connectivity index (χ2n) is 4.91. The molecular formula is C16H16ClF2N. The molecule has 106 valence electrons. The van der Waals surface area contributed by atoms with Crippen LogP contribution in [0, 0.1) is 18.6 Å². The Labute approximate surface area is 123 Å². The van der Waals surface area contributed by atoms with Crippen LogP contribution >= 0.6 is 12.4 Å². The Balaban J connectivity index is 0.00000147. The normalized spacial score (nSPS) is 13.6. The van der Waals surface area contributed by atoms with E-state index < -0.39 is 11.6 Å². The first kappa shape index (κ1) is 14.9. The van der Waals surface area contributed by atoms with Crippen LogP contribution in [0.25, 0.3) is 11.1 Å². The first-order chi connectivity index (χ1) is 9.18. The molecule has 20 heavy (non-hydrogen) atoms. The molecule has 0 saturated carbocycles. The molecule has 0 atom stereocenters. The Morgan fingerprint density at radius 3 is 2.40 bits per heavy atom. The molecule has 1 heterocycles. The highest BCUT2D eigenvalue weighted by Crippen LogP contribution is 2.33. The third kappa shape index (κ3) is 2.43. The summed E-state index contributed by atoms with van der Waals surface area (Å²) in [5, 5.41) is 3.27. The van der Waals surface area contributed by atoms with E-state index in [4.69, 9.17) is 0 Å². The van der Waals surface area contributed by atoms with Crippen molar-refractivity contribution in [3.8, 4) is 11.1 Å². The smallest absolute Gasteiger partial charge is 0.133 e. The molecule has 1 aliphatic rings. The molecule has 0 aliphatic carbocycles. The number of nitrogens with one attached hydrogen (secondary N) is 1. The van der Waals surface area contributed by atoms with Crippen LogP contribution in [0.3, 0.4) is 0 Å². The Morgan fingerprint density at radius 2 is 1.70 bits per heavy atom. The van der Waals surface area contributed by atoms with Crippen molar-refractivity contribution >= 4 is 12.4 Å². The van der Waals surface area contributed by atoms with Crippen LogP contribution in [0.1, 0.15) is 16.7 Å². The zero-order valence-corrected chi connectivity index (χ0v) is 12.0. The molecule has 0 spiro atoms. The SMILES string of the molecule is Cc1ccc(-c2c(F)cccc2F)c2c1CCNC2.Cl. The van der Waals surface area contributed by atoms with Crippen molar-refractivity contribution in [3.05, 3.63) is 58.7 Å². The van der Waals surface area contributed by atoms with Gasteiger partial charge in [0.1, 0.15) is 11.6 Å². The molecule has 4 heteroatoms. The van der Waals surface area contributed by atoms with Crippen molar-refractivity contribution in [2.75, 3.05) is 6.54 Å². The standard InChI is InChI=1S/C16H15F2N.ClH/c1-10-5-6-12(13-9-19-8-7-11(10)13)16-14(17)3-2-4-15(16)18;/h2-6,19H,7-9H2,1H3;1H. The second-order valence-corrected chi connectivity index (χ2v) is 4.91. The number of hydrogen-bond donors (Lipinski definition) is 1. The van der Waals surface area contributed by atoms with Crippen molar-refractivity contribution in [3.63, 3.8) is 0 Å². The van der Waals surface area contributed by atoms with Gasteiger partial charge in [0, 0.05) is 6.54 Å². The van der Waals surface area contributed by atoms with E-state index in [1.165, 1.54) is 29.3 Å². The molecule has 0 bridgehead atoms. The van der Waals surface area contributed by atoms with E-state index >= 15 is 0 Å². The van der Waals surface area contributed by atoms with Crippen LogP contribution < -0.4 is 5.32 Å². The first-order valence-corrected chi connectivity index (χ1v) is 6.45. The minimum absolute atomic E-state index is 0. The number of halogens is 3. The van der Waals surface area contributed by atoms with E-state index in [9.17, 15) is 8.78 Å². The molecule has 2 aromatic rings. The minimum atomic E-state index is -0.503. The lowest BCUT2D eigenvalue weighted by molar-refractivity contribution is 0.587. The summed E-state index contributed by atoms with van der Waals surface area (Å²) in [5.74, 6) is -1.01. The molecule has 0 saturated heterocycles. The largest absolute Gasteiger partial charge is 0.312 e. The average Bonchev–Trinajstić information content (AvgIpc) is 2.41. The van der Waals surface area contributed by atoms with Gasteiger partial charge in [0.2, 0.25) is 0 Å². The molecule has 1 nitrogen and oxygen atoms in total. The molecule has 1 N–H and O–H groups in total. The number of rotatable bonds is 1. The highest BCUT2D eigenvalue weighted by Gasteiger charge is 2.20. The van der Waals surface area contributed by atoms with Gasteiger partial charge >= 0.3 is 0 Å². The second kappa shape index (κ2) is 5.90. The van der Waals surface area contributed by atoms with E-state index in [0.29, 0.717) is 12.1 Å². The van der Waals surface area contributed by atoms with Crippen LogP contribution in [0.4, 0.5) is 8.78 Å². The number of benzene rings is 2. The van der Waals surface area contributed by atoms with Gasteiger partial charge < -0.3 is 5.32 Å². The molecule has 1 aliphatic heterocycles. The zero-order valence-electron chi connectivity index (χ0n) is 11.2. The van der Waals surface area contributed by atoms with Crippen molar-refractivity contribution in [1.82, 2.24) is 5.32 Å². The van der Waals surface area contributed by atoms with Crippen LogP contribution in [0.15, 0.2) is 30.3 Å². The highest BCUT2D eigenvalue weighted by atomic mass is 35.5.